The van der Waals surface area contributed by atoms with E-state index in [1.54, 1.807) is 12.1 Å². The minimum absolute atomic E-state index is 0.0733. The summed E-state index contributed by atoms with van der Waals surface area (Å²) in [6.45, 7) is 0. The first-order valence-corrected chi connectivity index (χ1v) is 7.02. The highest BCUT2D eigenvalue weighted by Gasteiger charge is 2.15. The Labute approximate surface area is 119 Å². The fourth-order valence-corrected chi connectivity index (χ4v) is 2.55. The van der Waals surface area contributed by atoms with E-state index in [1.807, 2.05) is 0 Å². The fourth-order valence-electron chi connectivity index (χ4n) is 1.38. The Morgan fingerprint density at radius 1 is 1.58 bits per heavy atom. The number of amides is 1. The van der Waals surface area contributed by atoms with Gasteiger partial charge in [-0.1, -0.05) is 17.7 Å². The molecule has 1 unspecified atom stereocenters. The maximum absolute atomic E-state index is 12.9. The third-order valence-electron chi connectivity index (χ3n) is 2.37. The van der Waals surface area contributed by atoms with Crippen LogP contribution in [-0.2, 0) is 15.3 Å². The molecule has 1 aromatic carbocycles. The van der Waals surface area contributed by atoms with E-state index in [0.29, 0.717) is 24.3 Å². The zero-order valence-corrected chi connectivity index (χ0v) is 11.5. The van der Waals surface area contributed by atoms with Crippen molar-refractivity contribution in [3.63, 3.8) is 0 Å². The molecule has 19 heavy (non-hydrogen) atoms. The first-order valence-electron chi connectivity index (χ1n) is 5.48. The van der Waals surface area contributed by atoms with Crippen molar-refractivity contribution >= 4 is 35.7 Å². The number of thioether (sulfide) groups is 1. The number of nitrogens with one attached hydrogen (secondary N) is 1. The third kappa shape index (κ3) is 5.48. The lowest BCUT2D eigenvalue weighted by atomic mass is 10.2. The molecule has 1 aromatic rings. The second-order valence-electron chi connectivity index (χ2n) is 3.77. The smallest absolute Gasteiger partial charge is 0.326 e. The molecule has 0 bridgehead atoms. The molecule has 0 heterocycles. The second-order valence-corrected chi connectivity index (χ2v) is 5.28. The minimum Gasteiger partial charge on any atom is -0.480 e. The van der Waals surface area contributed by atoms with Crippen molar-refractivity contribution in [2.24, 2.45) is 0 Å². The van der Waals surface area contributed by atoms with Gasteiger partial charge in [-0.25, -0.2) is 9.18 Å². The Morgan fingerprint density at radius 2 is 2.32 bits per heavy atom. The van der Waals surface area contributed by atoms with Crippen molar-refractivity contribution in [2.75, 3.05) is 5.75 Å². The molecule has 0 fully saturated rings. The van der Waals surface area contributed by atoms with E-state index >= 15 is 0 Å². The SMILES string of the molecule is O=CNC(CCSCc1ccc(F)c(Cl)c1)C(=O)O. The second kappa shape index (κ2) is 8.01. The van der Waals surface area contributed by atoms with Crippen LogP contribution < -0.4 is 5.32 Å². The molecule has 0 saturated carbocycles. The highest BCUT2D eigenvalue weighted by molar-refractivity contribution is 7.98. The Balaban J connectivity index is 2.35. The lowest BCUT2D eigenvalue weighted by Crippen LogP contribution is -2.36. The minimum atomic E-state index is -1.06. The number of carbonyl (C=O) groups excluding carboxylic acids is 1. The number of carbonyl (C=O) groups is 2. The number of carboxylic acids is 1. The highest BCUT2D eigenvalue weighted by atomic mass is 35.5. The summed E-state index contributed by atoms with van der Waals surface area (Å²) in [5.74, 6) is -0.352. The average Bonchev–Trinajstić information content (AvgIpc) is 2.37. The van der Waals surface area contributed by atoms with E-state index < -0.39 is 17.8 Å². The number of benzene rings is 1. The molecule has 0 aromatic heterocycles. The van der Waals surface area contributed by atoms with E-state index in [0.717, 1.165) is 5.56 Å². The van der Waals surface area contributed by atoms with Crippen LogP contribution in [0, 0.1) is 5.82 Å². The van der Waals surface area contributed by atoms with Gasteiger partial charge in [-0.2, -0.15) is 11.8 Å². The molecule has 0 radical (unpaired) electrons. The zero-order chi connectivity index (χ0) is 14.3. The first kappa shape index (κ1) is 15.8. The molecule has 1 rings (SSSR count). The summed E-state index contributed by atoms with van der Waals surface area (Å²) in [6, 6.07) is 3.60. The standard InChI is InChI=1S/C12H13ClFNO3S/c13-9-5-8(1-2-10(9)14)6-19-4-3-11(12(17)18)15-7-16/h1-2,5,7,11H,3-4,6H2,(H,15,16)(H,17,18). The molecule has 4 nitrogen and oxygen atoms in total. The van der Waals surface area contributed by atoms with Crippen molar-refractivity contribution in [1.29, 1.82) is 0 Å². The van der Waals surface area contributed by atoms with E-state index in [4.69, 9.17) is 16.7 Å². The molecule has 1 atom stereocenters. The molecule has 104 valence electrons. The average molecular weight is 306 g/mol. The summed E-state index contributed by atoms with van der Waals surface area (Å²) in [6.07, 6.45) is 0.705. The van der Waals surface area contributed by atoms with Crippen LogP contribution in [0.1, 0.15) is 12.0 Å². The largest absolute Gasteiger partial charge is 0.480 e. The van der Waals surface area contributed by atoms with Gasteiger partial charge in [0, 0.05) is 5.75 Å². The maximum Gasteiger partial charge on any atom is 0.326 e. The van der Waals surface area contributed by atoms with Gasteiger partial charge in [0.05, 0.1) is 5.02 Å². The van der Waals surface area contributed by atoms with Gasteiger partial charge < -0.3 is 10.4 Å². The van der Waals surface area contributed by atoms with E-state index in [2.05, 4.69) is 5.32 Å². The summed E-state index contributed by atoms with van der Waals surface area (Å²) in [5, 5.41) is 11.1. The number of aliphatic carboxylic acids is 1. The van der Waals surface area contributed by atoms with Crippen molar-refractivity contribution in [2.45, 2.75) is 18.2 Å². The van der Waals surface area contributed by atoms with Crippen LogP contribution in [0.25, 0.3) is 0 Å². The molecular weight excluding hydrogens is 293 g/mol. The van der Waals surface area contributed by atoms with Crippen molar-refractivity contribution < 1.29 is 19.1 Å². The van der Waals surface area contributed by atoms with Gasteiger partial charge in [0.25, 0.3) is 0 Å². The molecular formula is C12H13ClFNO3S. The summed E-state index contributed by atoms with van der Waals surface area (Å²) in [5.41, 5.74) is 0.867. The lowest BCUT2D eigenvalue weighted by molar-refractivity contribution is -0.140. The van der Waals surface area contributed by atoms with Gasteiger partial charge in [0.1, 0.15) is 11.9 Å². The van der Waals surface area contributed by atoms with E-state index in [9.17, 15) is 14.0 Å². The van der Waals surface area contributed by atoms with Gasteiger partial charge >= 0.3 is 5.97 Å². The Bertz CT molecular complexity index is 459. The van der Waals surface area contributed by atoms with Crippen LogP contribution in [0.5, 0.6) is 0 Å². The Kier molecular flexibility index (Phi) is 6.66. The summed E-state index contributed by atoms with van der Waals surface area (Å²) < 4.78 is 12.9. The third-order valence-corrected chi connectivity index (χ3v) is 3.72. The Hall–Kier alpha value is -1.27. The van der Waals surface area contributed by atoms with Crippen molar-refractivity contribution in [3.05, 3.63) is 34.6 Å². The highest BCUT2D eigenvalue weighted by Crippen LogP contribution is 2.20. The summed E-state index contributed by atoms with van der Waals surface area (Å²) in [7, 11) is 0. The van der Waals surface area contributed by atoms with Gasteiger partial charge in [-0.15, -0.1) is 0 Å². The van der Waals surface area contributed by atoms with Crippen LogP contribution in [0.2, 0.25) is 5.02 Å². The molecule has 0 saturated heterocycles. The normalized spacial score (nSPS) is 11.9. The lowest BCUT2D eigenvalue weighted by Gasteiger charge is -2.10. The van der Waals surface area contributed by atoms with Crippen LogP contribution in [0.15, 0.2) is 18.2 Å². The summed E-state index contributed by atoms with van der Waals surface area (Å²) >= 11 is 7.14. The number of halogens is 2. The zero-order valence-electron chi connectivity index (χ0n) is 9.94. The van der Waals surface area contributed by atoms with Crippen LogP contribution in [0.4, 0.5) is 4.39 Å². The number of hydrogen-bond donors (Lipinski definition) is 2. The molecule has 0 spiro atoms. The van der Waals surface area contributed by atoms with Gasteiger partial charge in [0.15, 0.2) is 0 Å². The van der Waals surface area contributed by atoms with Crippen LogP contribution in [-0.4, -0.2) is 29.3 Å². The van der Waals surface area contributed by atoms with Crippen molar-refractivity contribution in [1.82, 2.24) is 5.32 Å². The molecule has 2 N–H and O–H groups in total. The molecule has 0 aliphatic rings. The predicted molar refractivity (Wildman–Crippen MR) is 72.8 cm³/mol. The van der Waals surface area contributed by atoms with Gasteiger partial charge in [-0.3, -0.25) is 4.79 Å². The topological polar surface area (TPSA) is 66.4 Å². The van der Waals surface area contributed by atoms with Crippen LogP contribution >= 0.6 is 23.4 Å². The van der Waals surface area contributed by atoms with Gasteiger partial charge in [-0.05, 0) is 29.9 Å². The quantitative estimate of drug-likeness (QED) is 0.571. The monoisotopic (exact) mass is 305 g/mol. The summed E-state index contributed by atoms with van der Waals surface area (Å²) in [4.78, 5) is 21.0. The Morgan fingerprint density at radius 3 is 2.89 bits per heavy atom. The van der Waals surface area contributed by atoms with Gasteiger partial charge in [0.2, 0.25) is 6.41 Å². The number of rotatable bonds is 8. The van der Waals surface area contributed by atoms with Crippen LogP contribution in [0.3, 0.4) is 0 Å². The number of carboxylic acid groups (broad SMARTS) is 1. The fraction of sp³-hybridized carbons (Fsp3) is 0.333. The maximum atomic E-state index is 12.9. The molecule has 0 aliphatic heterocycles. The van der Waals surface area contributed by atoms with E-state index in [-0.39, 0.29) is 5.02 Å². The van der Waals surface area contributed by atoms with Crippen molar-refractivity contribution in [3.8, 4) is 0 Å². The number of hydrogen-bond acceptors (Lipinski definition) is 3. The predicted octanol–water partition coefficient (Wildman–Crippen LogP) is 2.30. The molecule has 0 aliphatic carbocycles. The van der Waals surface area contributed by atoms with E-state index in [1.165, 1.54) is 17.8 Å². The molecule has 1 amide bonds. The molecule has 7 heteroatoms. The first-order chi connectivity index (χ1) is 9.04.